The van der Waals surface area contributed by atoms with Crippen molar-refractivity contribution < 1.29 is 9.53 Å². The van der Waals surface area contributed by atoms with Crippen LogP contribution in [0.5, 0.6) is 5.75 Å². The van der Waals surface area contributed by atoms with Crippen molar-refractivity contribution in [2.75, 3.05) is 11.9 Å². The number of thioether (sulfide) groups is 1. The first-order valence-corrected chi connectivity index (χ1v) is 11.4. The molecule has 3 rings (SSSR count). The van der Waals surface area contributed by atoms with E-state index < -0.39 is 5.25 Å². The highest BCUT2D eigenvalue weighted by Gasteiger charge is 2.21. The number of carbonyl (C=O) groups excluding carboxylic acids is 1. The van der Waals surface area contributed by atoms with Crippen LogP contribution in [0.1, 0.15) is 24.3 Å². The lowest BCUT2D eigenvalue weighted by molar-refractivity contribution is -0.115. The van der Waals surface area contributed by atoms with E-state index in [1.807, 2.05) is 32.9 Å². The van der Waals surface area contributed by atoms with Gasteiger partial charge in [0.25, 0.3) is 5.56 Å². The normalized spacial score (nSPS) is 12.0. The Morgan fingerprint density at radius 2 is 2.07 bits per heavy atom. The molecule has 1 aromatic carbocycles. The Morgan fingerprint density at radius 1 is 1.37 bits per heavy atom. The number of fused-ring (bicyclic) bond motifs is 1. The van der Waals surface area contributed by atoms with Gasteiger partial charge in [-0.2, -0.15) is 0 Å². The van der Waals surface area contributed by atoms with E-state index in [4.69, 9.17) is 9.72 Å². The third-order valence-electron chi connectivity index (χ3n) is 4.65. The summed E-state index contributed by atoms with van der Waals surface area (Å²) in [5.41, 5.74) is 1.55. The number of nitrogens with zero attached hydrogens (tertiary/aromatic N) is 2. The SMILES string of the molecule is C=CCn1c(SC(C)C(=O)Nc2ccc(OCC)cc2)nc2sc(C)c(C)c2c1=O. The highest BCUT2D eigenvalue weighted by molar-refractivity contribution is 8.00. The molecule has 0 bridgehead atoms. The van der Waals surface area contributed by atoms with Crippen molar-refractivity contribution in [2.45, 2.75) is 44.6 Å². The van der Waals surface area contributed by atoms with Crippen LogP contribution in [0.3, 0.4) is 0 Å². The smallest absolute Gasteiger partial charge is 0.263 e. The van der Waals surface area contributed by atoms with Gasteiger partial charge in [0.2, 0.25) is 5.91 Å². The molecule has 2 heterocycles. The number of anilines is 1. The molecule has 3 aromatic rings. The van der Waals surface area contributed by atoms with Crippen molar-refractivity contribution in [3.05, 3.63) is 57.7 Å². The Labute approximate surface area is 184 Å². The number of nitrogens with one attached hydrogen (secondary N) is 1. The zero-order valence-electron chi connectivity index (χ0n) is 17.5. The first kappa shape index (κ1) is 22.1. The summed E-state index contributed by atoms with van der Waals surface area (Å²) in [5.74, 6) is 0.590. The number of aryl methyl sites for hydroxylation is 2. The molecule has 158 valence electrons. The number of amides is 1. The van der Waals surface area contributed by atoms with Gasteiger partial charge in [-0.1, -0.05) is 17.8 Å². The van der Waals surface area contributed by atoms with Gasteiger partial charge >= 0.3 is 0 Å². The largest absolute Gasteiger partial charge is 0.494 e. The molecule has 1 N–H and O–H groups in total. The summed E-state index contributed by atoms with van der Waals surface area (Å²) in [6, 6.07) is 7.23. The lowest BCUT2D eigenvalue weighted by atomic mass is 10.2. The summed E-state index contributed by atoms with van der Waals surface area (Å²) in [6.07, 6.45) is 1.66. The molecule has 6 nitrogen and oxygen atoms in total. The minimum atomic E-state index is -0.445. The highest BCUT2D eigenvalue weighted by atomic mass is 32.2. The van der Waals surface area contributed by atoms with E-state index in [0.717, 1.165) is 16.2 Å². The molecule has 0 radical (unpaired) electrons. The third-order valence-corrected chi connectivity index (χ3v) is 6.84. The Kier molecular flexibility index (Phi) is 6.99. The van der Waals surface area contributed by atoms with Crippen LogP contribution in [0.4, 0.5) is 5.69 Å². The lowest BCUT2D eigenvalue weighted by Crippen LogP contribution is -2.26. The second-order valence-electron chi connectivity index (χ2n) is 6.77. The molecule has 0 fully saturated rings. The van der Waals surface area contributed by atoms with Gasteiger partial charge in [-0.3, -0.25) is 14.2 Å². The van der Waals surface area contributed by atoms with E-state index in [2.05, 4.69) is 11.9 Å². The molecule has 0 aliphatic carbocycles. The van der Waals surface area contributed by atoms with E-state index in [1.165, 1.54) is 23.1 Å². The lowest BCUT2D eigenvalue weighted by Gasteiger charge is -2.15. The summed E-state index contributed by atoms with van der Waals surface area (Å²) in [7, 11) is 0. The van der Waals surface area contributed by atoms with Gasteiger partial charge in [0.15, 0.2) is 5.16 Å². The van der Waals surface area contributed by atoms with Crippen molar-refractivity contribution in [3.8, 4) is 5.75 Å². The fourth-order valence-electron chi connectivity index (χ4n) is 2.95. The predicted molar refractivity (Wildman–Crippen MR) is 125 cm³/mol. The first-order chi connectivity index (χ1) is 14.3. The number of rotatable bonds is 8. The van der Waals surface area contributed by atoms with Gasteiger partial charge in [0.1, 0.15) is 10.6 Å². The zero-order valence-corrected chi connectivity index (χ0v) is 19.2. The van der Waals surface area contributed by atoms with E-state index >= 15 is 0 Å². The summed E-state index contributed by atoms with van der Waals surface area (Å²) >= 11 is 2.77. The van der Waals surface area contributed by atoms with Crippen LogP contribution < -0.4 is 15.6 Å². The molecular weight excluding hydrogens is 418 g/mol. The molecule has 0 saturated heterocycles. The molecule has 2 aromatic heterocycles. The number of carbonyl (C=O) groups is 1. The van der Waals surface area contributed by atoms with Crippen molar-refractivity contribution in [3.63, 3.8) is 0 Å². The Bertz CT molecular complexity index is 1130. The maximum absolute atomic E-state index is 13.1. The Balaban J connectivity index is 1.83. The first-order valence-electron chi connectivity index (χ1n) is 9.67. The van der Waals surface area contributed by atoms with Gasteiger partial charge in [-0.15, -0.1) is 17.9 Å². The molecule has 0 aliphatic rings. The van der Waals surface area contributed by atoms with Crippen LogP contribution in [-0.2, 0) is 11.3 Å². The van der Waals surface area contributed by atoms with Crippen molar-refractivity contribution >= 4 is 44.9 Å². The summed E-state index contributed by atoms with van der Waals surface area (Å²) in [4.78, 5) is 32.2. The zero-order chi connectivity index (χ0) is 21.8. The Morgan fingerprint density at radius 3 is 2.70 bits per heavy atom. The number of aromatic nitrogens is 2. The second kappa shape index (κ2) is 9.49. The van der Waals surface area contributed by atoms with Gasteiger partial charge in [-0.25, -0.2) is 4.98 Å². The van der Waals surface area contributed by atoms with Gasteiger partial charge in [-0.05, 0) is 57.5 Å². The van der Waals surface area contributed by atoms with Gasteiger partial charge in [0, 0.05) is 17.1 Å². The van der Waals surface area contributed by atoms with E-state index in [-0.39, 0.29) is 11.5 Å². The number of hydrogen-bond acceptors (Lipinski definition) is 6. The average Bonchev–Trinajstić information content (AvgIpc) is 3.00. The second-order valence-corrected chi connectivity index (χ2v) is 9.28. The van der Waals surface area contributed by atoms with E-state index in [1.54, 1.807) is 29.7 Å². The molecule has 8 heteroatoms. The number of ether oxygens (including phenoxy) is 1. The summed E-state index contributed by atoms with van der Waals surface area (Å²) in [5, 5.41) is 3.62. The van der Waals surface area contributed by atoms with Gasteiger partial charge in [0.05, 0.1) is 17.2 Å². The minimum Gasteiger partial charge on any atom is -0.494 e. The fourth-order valence-corrected chi connectivity index (χ4v) is 4.93. The molecule has 0 spiro atoms. The number of thiophene rings is 1. The van der Waals surface area contributed by atoms with Crippen LogP contribution in [0, 0.1) is 13.8 Å². The van der Waals surface area contributed by atoms with Crippen molar-refractivity contribution in [1.82, 2.24) is 9.55 Å². The number of hydrogen-bond donors (Lipinski definition) is 1. The highest BCUT2D eigenvalue weighted by Crippen LogP contribution is 2.30. The molecule has 30 heavy (non-hydrogen) atoms. The van der Waals surface area contributed by atoms with Crippen LogP contribution in [-0.4, -0.2) is 27.3 Å². The van der Waals surface area contributed by atoms with Crippen molar-refractivity contribution in [1.29, 1.82) is 0 Å². The Hall–Kier alpha value is -2.58. The summed E-state index contributed by atoms with van der Waals surface area (Å²) in [6.45, 7) is 12.3. The average molecular weight is 444 g/mol. The van der Waals surface area contributed by atoms with Crippen molar-refractivity contribution in [2.24, 2.45) is 0 Å². The summed E-state index contributed by atoms with van der Waals surface area (Å²) < 4.78 is 7.00. The van der Waals surface area contributed by atoms with Crippen LogP contribution in [0.2, 0.25) is 0 Å². The quantitative estimate of drug-likeness (QED) is 0.308. The third kappa shape index (κ3) is 4.60. The topological polar surface area (TPSA) is 73.2 Å². The predicted octanol–water partition coefficient (Wildman–Crippen LogP) is 4.78. The van der Waals surface area contributed by atoms with Gasteiger partial charge < -0.3 is 10.1 Å². The molecule has 0 saturated carbocycles. The standard InChI is InChI=1S/C22H25N3O3S2/c1-6-12-25-21(27)18-13(3)14(4)29-20(18)24-22(25)30-15(5)19(26)23-16-8-10-17(11-9-16)28-7-2/h6,8-11,15H,1,7,12H2,2-5H3,(H,23,26). The molecule has 1 amide bonds. The molecular formula is C22H25N3O3S2. The maximum atomic E-state index is 13.1. The van der Waals surface area contributed by atoms with Crippen LogP contribution in [0.25, 0.3) is 10.2 Å². The molecule has 1 unspecified atom stereocenters. The molecule has 1 atom stereocenters. The monoisotopic (exact) mass is 443 g/mol. The molecule has 0 aliphatic heterocycles. The van der Waals surface area contributed by atoms with Crippen LogP contribution >= 0.6 is 23.1 Å². The fraction of sp³-hybridized carbons (Fsp3) is 0.318. The number of allylic oxidation sites excluding steroid dienone is 1. The minimum absolute atomic E-state index is 0.0941. The number of benzene rings is 1. The maximum Gasteiger partial charge on any atom is 0.263 e. The van der Waals surface area contributed by atoms with E-state index in [0.29, 0.717) is 34.2 Å². The van der Waals surface area contributed by atoms with Crippen LogP contribution in [0.15, 0.2) is 46.9 Å². The van der Waals surface area contributed by atoms with E-state index in [9.17, 15) is 9.59 Å².